The van der Waals surface area contributed by atoms with E-state index in [9.17, 15) is 19.5 Å². The summed E-state index contributed by atoms with van der Waals surface area (Å²) in [5.41, 5.74) is 1.49. The third kappa shape index (κ3) is 3.46. The Hall–Kier alpha value is -0.930. The summed E-state index contributed by atoms with van der Waals surface area (Å²) < 4.78 is -0.178. The van der Waals surface area contributed by atoms with Gasteiger partial charge in [0, 0.05) is 29.4 Å². The number of carbonyl (C=O) groups is 3. The van der Waals surface area contributed by atoms with Crippen LogP contribution in [0.3, 0.4) is 0 Å². The van der Waals surface area contributed by atoms with E-state index in [1.54, 1.807) is 28.5 Å². The van der Waals surface area contributed by atoms with Gasteiger partial charge >= 0.3 is 5.97 Å². The van der Waals surface area contributed by atoms with Crippen LogP contribution in [0.25, 0.3) is 0 Å². The molecule has 7 nitrogen and oxygen atoms in total. The third-order valence-electron chi connectivity index (χ3n) is 3.88. The van der Waals surface area contributed by atoms with Gasteiger partial charge in [0.05, 0.1) is 0 Å². The summed E-state index contributed by atoms with van der Waals surface area (Å²) in [6, 6.07) is -0.830. The van der Waals surface area contributed by atoms with Crippen LogP contribution in [0.15, 0.2) is 0 Å². The molecule has 1 spiro atoms. The van der Waals surface area contributed by atoms with E-state index in [-0.39, 0.29) is 17.1 Å². The standard InChI is InChI=1S/C12H18N2O5S2/c1-7(4-9(15)13-19)10(16)14-6-12(2-3-20-21-12)5-8(14)11(17)18/h7-8,19H,2-6H2,1H3,(H,13,15)(H,17,18)/t7?,8-,12?/m0/s1. The summed E-state index contributed by atoms with van der Waals surface area (Å²) in [6.07, 6.45) is 1.18. The van der Waals surface area contributed by atoms with Gasteiger partial charge in [0.15, 0.2) is 0 Å². The maximum atomic E-state index is 12.4. The second kappa shape index (κ2) is 6.45. The third-order valence-corrected chi connectivity index (χ3v) is 7.14. The Kier molecular flexibility index (Phi) is 5.05. The zero-order valence-electron chi connectivity index (χ0n) is 11.6. The van der Waals surface area contributed by atoms with E-state index in [0.29, 0.717) is 13.0 Å². The maximum absolute atomic E-state index is 12.4. The molecule has 2 amide bonds. The lowest BCUT2D eigenvalue weighted by molar-refractivity contribution is -0.150. The van der Waals surface area contributed by atoms with Crippen LogP contribution in [0.4, 0.5) is 0 Å². The number of carboxylic acid groups (broad SMARTS) is 1. The average Bonchev–Trinajstić information content (AvgIpc) is 3.05. The van der Waals surface area contributed by atoms with Crippen LogP contribution in [0.2, 0.25) is 0 Å². The van der Waals surface area contributed by atoms with Crippen molar-refractivity contribution in [1.29, 1.82) is 0 Å². The van der Waals surface area contributed by atoms with Gasteiger partial charge in [-0.05, 0) is 12.8 Å². The molecule has 0 radical (unpaired) electrons. The van der Waals surface area contributed by atoms with Crippen LogP contribution >= 0.6 is 21.6 Å². The molecule has 0 bridgehead atoms. The second-order valence-corrected chi connectivity index (χ2v) is 8.39. The number of hydrogen-bond donors (Lipinski definition) is 3. The first-order chi connectivity index (χ1) is 9.88. The van der Waals surface area contributed by atoms with E-state index in [2.05, 4.69) is 0 Å². The van der Waals surface area contributed by atoms with E-state index < -0.39 is 23.8 Å². The van der Waals surface area contributed by atoms with Gasteiger partial charge in [-0.25, -0.2) is 10.3 Å². The molecule has 0 aromatic rings. The minimum Gasteiger partial charge on any atom is -0.480 e. The van der Waals surface area contributed by atoms with E-state index in [1.807, 2.05) is 0 Å². The van der Waals surface area contributed by atoms with Gasteiger partial charge in [0.1, 0.15) is 6.04 Å². The Morgan fingerprint density at radius 1 is 1.48 bits per heavy atom. The number of carbonyl (C=O) groups excluding carboxylic acids is 2. The molecule has 2 saturated heterocycles. The van der Waals surface area contributed by atoms with Gasteiger partial charge < -0.3 is 10.0 Å². The Bertz CT molecular complexity index is 453. The van der Waals surface area contributed by atoms with Crippen LogP contribution in [0.1, 0.15) is 26.2 Å². The predicted molar refractivity (Wildman–Crippen MR) is 78.9 cm³/mol. The van der Waals surface area contributed by atoms with Gasteiger partial charge in [-0.3, -0.25) is 14.8 Å². The Morgan fingerprint density at radius 2 is 2.19 bits per heavy atom. The summed E-state index contributed by atoms with van der Waals surface area (Å²) in [4.78, 5) is 36.4. The van der Waals surface area contributed by atoms with Crippen molar-refractivity contribution in [3.05, 3.63) is 0 Å². The average molecular weight is 334 g/mol. The molecule has 2 aliphatic rings. The number of hydrogen-bond acceptors (Lipinski definition) is 6. The lowest BCUT2D eigenvalue weighted by Gasteiger charge is -2.25. The fraction of sp³-hybridized carbons (Fsp3) is 0.750. The summed E-state index contributed by atoms with van der Waals surface area (Å²) in [5.74, 6) is -1.70. The van der Waals surface area contributed by atoms with Gasteiger partial charge in [-0.2, -0.15) is 0 Å². The molecule has 2 rings (SSSR count). The zero-order chi connectivity index (χ0) is 15.6. The van der Waals surface area contributed by atoms with Gasteiger partial charge in [-0.1, -0.05) is 28.5 Å². The first-order valence-electron chi connectivity index (χ1n) is 6.65. The second-order valence-electron chi connectivity index (χ2n) is 5.50. The smallest absolute Gasteiger partial charge is 0.326 e. The first-order valence-corrected chi connectivity index (χ1v) is 8.97. The lowest BCUT2D eigenvalue weighted by Crippen LogP contribution is -2.44. The molecule has 118 valence electrons. The highest BCUT2D eigenvalue weighted by Gasteiger charge is 2.51. The lowest BCUT2D eigenvalue weighted by atomic mass is 10.0. The van der Waals surface area contributed by atoms with Crippen LogP contribution in [0.5, 0.6) is 0 Å². The number of carboxylic acids is 1. The Balaban J connectivity index is 2.10. The molecule has 0 aromatic carbocycles. The summed E-state index contributed by atoms with van der Waals surface area (Å²) in [7, 11) is 3.37. The van der Waals surface area contributed by atoms with Crippen molar-refractivity contribution in [3.8, 4) is 0 Å². The topological polar surface area (TPSA) is 107 Å². The minimum absolute atomic E-state index is 0.160. The summed E-state index contributed by atoms with van der Waals surface area (Å²) in [6.45, 7) is 1.98. The van der Waals surface area contributed by atoms with Crippen molar-refractivity contribution in [2.24, 2.45) is 5.92 Å². The van der Waals surface area contributed by atoms with Crippen molar-refractivity contribution in [2.75, 3.05) is 12.3 Å². The van der Waals surface area contributed by atoms with E-state index in [1.165, 1.54) is 10.4 Å². The van der Waals surface area contributed by atoms with Crippen LogP contribution in [-0.2, 0) is 14.4 Å². The number of aliphatic carboxylic acids is 1. The minimum atomic E-state index is -1.00. The van der Waals surface area contributed by atoms with Crippen LogP contribution < -0.4 is 5.48 Å². The summed E-state index contributed by atoms with van der Waals surface area (Å²) >= 11 is 0. The highest BCUT2D eigenvalue weighted by Crippen LogP contribution is 2.53. The normalized spacial score (nSPS) is 29.6. The molecule has 0 saturated carbocycles. The van der Waals surface area contributed by atoms with Crippen molar-refractivity contribution < 1.29 is 24.7 Å². The largest absolute Gasteiger partial charge is 0.480 e. The molecular weight excluding hydrogens is 316 g/mol. The fourth-order valence-corrected chi connectivity index (χ4v) is 6.17. The molecule has 0 aliphatic carbocycles. The number of hydroxylamine groups is 1. The zero-order valence-corrected chi connectivity index (χ0v) is 13.2. The number of nitrogens with zero attached hydrogens (tertiary/aromatic N) is 1. The molecule has 9 heteroatoms. The first kappa shape index (κ1) is 16.4. The van der Waals surface area contributed by atoms with Crippen molar-refractivity contribution in [1.82, 2.24) is 10.4 Å². The Labute approximate surface area is 130 Å². The van der Waals surface area contributed by atoms with Gasteiger partial charge in [0.2, 0.25) is 11.8 Å². The quantitative estimate of drug-likeness (QED) is 0.395. The van der Waals surface area contributed by atoms with E-state index in [0.717, 1.165) is 12.2 Å². The summed E-state index contributed by atoms with van der Waals surface area (Å²) in [5, 5.41) is 17.9. The van der Waals surface area contributed by atoms with Crippen LogP contribution in [0, 0.1) is 5.92 Å². The number of nitrogens with one attached hydrogen (secondary N) is 1. The fourth-order valence-electron chi connectivity index (χ4n) is 2.77. The van der Waals surface area contributed by atoms with E-state index >= 15 is 0 Å². The Morgan fingerprint density at radius 3 is 2.71 bits per heavy atom. The molecule has 2 heterocycles. The monoisotopic (exact) mass is 334 g/mol. The number of amides is 2. The molecule has 2 fully saturated rings. The molecule has 2 unspecified atom stereocenters. The molecule has 3 N–H and O–H groups in total. The van der Waals surface area contributed by atoms with Gasteiger partial charge in [-0.15, -0.1) is 0 Å². The maximum Gasteiger partial charge on any atom is 0.326 e. The van der Waals surface area contributed by atoms with Crippen molar-refractivity contribution >= 4 is 39.4 Å². The van der Waals surface area contributed by atoms with E-state index in [4.69, 9.17) is 5.21 Å². The van der Waals surface area contributed by atoms with Crippen LogP contribution in [-0.4, -0.2) is 56.1 Å². The highest BCUT2D eigenvalue weighted by atomic mass is 33.1. The molecular formula is C12H18N2O5S2. The molecule has 21 heavy (non-hydrogen) atoms. The number of likely N-dealkylation sites (tertiary alicyclic amines) is 1. The molecule has 3 atom stereocenters. The SMILES string of the molecule is CC(CC(=O)NO)C(=O)N1CC2(CCSS2)C[C@H]1C(=O)O. The van der Waals surface area contributed by atoms with Crippen molar-refractivity contribution in [2.45, 2.75) is 37.0 Å². The predicted octanol–water partition coefficient (Wildman–Crippen LogP) is 0.727. The van der Waals surface area contributed by atoms with Gasteiger partial charge in [0.25, 0.3) is 0 Å². The number of rotatable bonds is 4. The molecule has 0 aromatic heterocycles. The molecule has 2 aliphatic heterocycles. The van der Waals surface area contributed by atoms with Crippen molar-refractivity contribution in [3.63, 3.8) is 0 Å². The highest BCUT2D eigenvalue weighted by molar-refractivity contribution is 8.77.